The zero-order valence-electron chi connectivity index (χ0n) is 11.7. The Kier molecular flexibility index (Phi) is 5.03. The van der Waals surface area contributed by atoms with Gasteiger partial charge in [-0.25, -0.2) is 0 Å². The van der Waals surface area contributed by atoms with Crippen LogP contribution in [0.3, 0.4) is 0 Å². The average molecular weight is 371 g/mol. The molecular weight excluding hydrogens is 349 g/mol. The average Bonchev–Trinajstić information content (AvgIpc) is 2.38. The van der Waals surface area contributed by atoms with Crippen molar-refractivity contribution in [3.05, 3.63) is 39.5 Å². The van der Waals surface area contributed by atoms with Gasteiger partial charge in [-0.2, -0.15) is 0 Å². The van der Waals surface area contributed by atoms with Gasteiger partial charge in [0.05, 0.1) is 5.60 Å². The van der Waals surface area contributed by atoms with Crippen LogP contribution in [0.5, 0.6) is 0 Å². The monoisotopic (exact) mass is 371 g/mol. The number of halogens is 1. The largest absolute Gasteiger partial charge is 0.390 e. The molecule has 0 aromatic heterocycles. The number of piperidine rings is 1. The maximum Gasteiger partial charge on any atom is 0.0644 e. The van der Waals surface area contributed by atoms with Crippen LogP contribution in [0.2, 0.25) is 0 Å². The summed E-state index contributed by atoms with van der Waals surface area (Å²) < 4.78 is 1.27. The van der Waals surface area contributed by atoms with E-state index < -0.39 is 5.60 Å². The minimum Gasteiger partial charge on any atom is -0.390 e. The van der Waals surface area contributed by atoms with E-state index in [1.807, 2.05) is 6.92 Å². The van der Waals surface area contributed by atoms with Crippen molar-refractivity contribution in [1.29, 1.82) is 0 Å². The smallest absolute Gasteiger partial charge is 0.0644 e. The second-order valence-corrected chi connectivity index (χ2v) is 6.94. The van der Waals surface area contributed by atoms with Gasteiger partial charge in [-0.05, 0) is 72.5 Å². The van der Waals surface area contributed by atoms with Crippen molar-refractivity contribution in [3.63, 3.8) is 0 Å². The van der Waals surface area contributed by atoms with Gasteiger partial charge in [-0.15, -0.1) is 0 Å². The Bertz CT molecular complexity index is 440. The number of aliphatic hydroxyl groups is 1. The third kappa shape index (κ3) is 4.58. The highest BCUT2D eigenvalue weighted by molar-refractivity contribution is 14.1. The number of rotatable bonds is 3. The molecule has 0 unspecified atom stereocenters. The van der Waals surface area contributed by atoms with Gasteiger partial charge < -0.3 is 5.11 Å². The molecule has 1 fully saturated rings. The highest BCUT2D eigenvalue weighted by Crippen LogP contribution is 2.21. The number of nitrogens with zero attached hydrogens (tertiary/aromatic N) is 1. The Hall–Kier alpha value is -0.390. The Labute approximate surface area is 129 Å². The topological polar surface area (TPSA) is 23.5 Å². The van der Waals surface area contributed by atoms with Crippen molar-refractivity contribution in [2.24, 2.45) is 0 Å². The fourth-order valence-electron chi connectivity index (χ4n) is 2.31. The third-order valence-electron chi connectivity index (χ3n) is 3.89. The molecule has 3 heteroatoms. The van der Waals surface area contributed by atoms with Gasteiger partial charge in [0.2, 0.25) is 0 Å². The van der Waals surface area contributed by atoms with Crippen LogP contribution in [-0.2, 0) is 0 Å². The fraction of sp³-hybridized carbons (Fsp3) is 0.500. The van der Waals surface area contributed by atoms with Crippen molar-refractivity contribution in [2.45, 2.75) is 32.3 Å². The Morgan fingerprint density at radius 1 is 1.32 bits per heavy atom. The molecule has 2 rings (SSSR count). The number of benzene rings is 1. The van der Waals surface area contributed by atoms with Crippen LogP contribution in [0.1, 0.15) is 32.3 Å². The quantitative estimate of drug-likeness (QED) is 0.822. The molecule has 1 heterocycles. The molecular formula is C16H22INO. The van der Waals surface area contributed by atoms with Gasteiger partial charge in [0, 0.05) is 23.2 Å². The zero-order chi connectivity index (χ0) is 13.9. The number of allylic oxidation sites excluding steroid dienone is 1. The summed E-state index contributed by atoms with van der Waals surface area (Å²) in [6.07, 6.45) is 4.05. The van der Waals surface area contributed by atoms with Crippen LogP contribution in [0.15, 0.2) is 30.3 Å². The van der Waals surface area contributed by atoms with Gasteiger partial charge in [-0.3, -0.25) is 4.90 Å². The predicted molar refractivity (Wildman–Crippen MR) is 89.1 cm³/mol. The van der Waals surface area contributed by atoms with E-state index in [0.717, 1.165) is 32.5 Å². The van der Waals surface area contributed by atoms with Crippen molar-refractivity contribution in [2.75, 3.05) is 19.6 Å². The summed E-state index contributed by atoms with van der Waals surface area (Å²) in [5.74, 6) is 0. The summed E-state index contributed by atoms with van der Waals surface area (Å²) >= 11 is 2.33. The van der Waals surface area contributed by atoms with Gasteiger partial charge in [0.25, 0.3) is 0 Å². The second-order valence-electron chi connectivity index (χ2n) is 5.69. The summed E-state index contributed by atoms with van der Waals surface area (Å²) in [6.45, 7) is 7.07. The summed E-state index contributed by atoms with van der Waals surface area (Å²) in [7, 11) is 0. The molecule has 1 saturated heterocycles. The molecule has 1 aromatic carbocycles. The van der Waals surface area contributed by atoms with Crippen molar-refractivity contribution in [1.82, 2.24) is 4.90 Å². The molecule has 0 atom stereocenters. The van der Waals surface area contributed by atoms with E-state index in [4.69, 9.17) is 0 Å². The van der Waals surface area contributed by atoms with E-state index >= 15 is 0 Å². The predicted octanol–water partition coefficient (Wildman–Crippen LogP) is 3.54. The van der Waals surface area contributed by atoms with E-state index in [0.29, 0.717) is 0 Å². The minimum atomic E-state index is -0.453. The van der Waals surface area contributed by atoms with Crippen LogP contribution in [-0.4, -0.2) is 35.2 Å². The van der Waals surface area contributed by atoms with Crippen LogP contribution < -0.4 is 0 Å². The van der Waals surface area contributed by atoms with Crippen LogP contribution in [0, 0.1) is 3.57 Å². The van der Waals surface area contributed by atoms with Gasteiger partial charge in [-0.1, -0.05) is 18.2 Å². The first-order valence-electron chi connectivity index (χ1n) is 6.84. The maximum absolute atomic E-state index is 9.93. The maximum atomic E-state index is 9.93. The minimum absolute atomic E-state index is 0.453. The molecule has 1 aliphatic heterocycles. The second kappa shape index (κ2) is 6.37. The van der Waals surface area contributed by atoms with Crippen molar-refractivity contribution >= 4 is 28.2 Å². The van der Waals surface area contributed by atoms with E-state index in [-0.39, 0.29) is 0 Å². The lowest BCUT2D eigenvalue weighted by Gasteiger charge is -2.35. The molecule has 0 saturated carbocycles. The van der Waals surface area contributed by atoms with Gasteiger partial charge in [0.15, 0.2) is 0 Å². The Morgan fingerprint density at radius 3 is 2.47 bits per heavy atom. The highest BCUT2D eigenvalue weighted by atomic mass is 127. The van der Waals surface area contributed by atoms with Crippen molar-refractivity contribution < 1.29 is 5.11 Å². The van der Waals surface area contributed by atoms with E-state index in [1.165, 1.54) is 14.7 Å². The molecule has 0 amide bonds. The fourth-order valence-corrected chi connectivity index (χ4v) is 2.67. The van der Waals surface area contributed by atoms with Crippen LogP contribution in [0.25, 0.3) is 5.57 Å². The molecule has 0 radical (unpaired) electrons. The van der Waals surface area contributed by atoms with Crippen LogP contribution in [0.4, 0.5) is 0 Å². The standard InChI is InChI=1S/C16H22INO/c1-13(14-3-5-15(17)6-4-14)7-10-18-11-8-16(2,19)9-12-18/h3-7,19H,8-12H2,1-2H3. The molecule has 1 N–H and O–H groups in total. The normalized spacial score (nSPS) is 20.5. The molecule has 1 aromatic rings. The molecule has 1 aliphatic rings. The van der Waals surface area contributed by atoms with Gasteiger partial charge in [0.1, 0.15) is 0 Å². The molecule has 104 valence electrons. The summed E-state index contributed by atoms with van der Waals surface area (Å²) in [4.78, 5) is 2.41. The first-order valence-corrected chi connectivity index (χ1v) is 7.92. The van der Waals surface area contributed by atoms with E-state index in [2.05, 4.69) is 64.8 Å². The van der Waals surface area contributed by atoms with Crippen molar-refractivity contribution in [3.8, 4) is 0 Å². The Balaban J connectivity index is 1.90. The number of hydrogen-bond donors (Lipinski definition) is 1. The van der Waals surface area contributed by atoms with E-state index in [9.17, 15) is 5.11 Å². The molecule has 0 aliphatic carbocycles. The first-order chi connectivity index (χ1) is 8.96. The third-order valence-corrected chi connectivity index (χ3v) is 4.61. The highest BCUT2D eigenvalue weighted by Gasteiger charge is 2.26. The van der Waals surface area contributed by atoms with Gasteiger partial charge >= 0.3 is 0 Å². The summed E-state index contributed by atoms with van der Waals surface area (Å²) in [6, 6.07) is 8.64. The molecule has 2 nitrogen and oxygen atoms in total. The first kappa shape index (κ1) is 15.0. The number of hydrogen-bond acceptors (Lipinski definition) is 2. The molecule has 0 bridgehead atoms. The lowest BCUT2D eigenvalue weighted by atomic mass is 9.94. The SMILES string of the molecule is CC(=CCN1CCC(C)(O)CC1)c1ccc(I)cc1. The van der Waals surface area contributed by atoms with Crippen LogP contribution >= 0.6 is 22.6 Å². The molecule has 0 spiro atoms. The lowest BCUT2D eigenvalue weighted by molar-refractivity contribution is -0.00242. The number of likely N-dealkylation sites (tertiary alicyclic amines) is 1. The Morgan fingerprint density at radius 2 is 1.89 bits per heavy atom. The lowest BCUT2D eigenvalue weighted by Crippen LogP contribution is -2.42. The van der Waals surface area contributed by atoms with E-state index in [1.54, 1.807) is 0 Å². The molecule has 19 heavy (non-hydrogen) atoms. The summed E-state index contributed by atoms with van der Waals surface area (Å²) in [5, 5.41) is 9.93. The zero-order valence-corrected chi connectivity index (χ0v) is 13.9. The summed E-state index contributed by atoms with van der Waals surface area (Å²) in [5.41, 5.74) is 2.17.